The number of hydrogen-bond acceptors (Lipinski definition) is 4. The highest BCUT2D eigenvalue weighted by Gasteiger charge is 2.45. The lowest BCUT2D eigenvalue weighted by molar-refractivity contribution is -0.212. The Balaban J connectivity index is 2.36. The van der Waals surface area contributed by atoms with Gasteiger partial charge in [0.2, 0.25) is 6.10 Å². The molecule has 2 rings (SSSR count). The lowest BCUT2D eigenvalue weighted by Gasteiger charge is -2.17. The minimum atomic E-state index is -4.68. The maximum absolute atomic E-state index is 12.4. The molecule has 0 aromatic carbocycles. The molecular formula is C9H9F3N4O3. The number of primary amides is 1. The second-order valence-electron chi connectivity index (χ2n) is 3.95. The van der Waals surface area contributed by atoms with Gasteiger partial charge in [-0.1, -0.05) is 0 Å². The molecule has 2 unspecified atom stereocenters. The molecule has 104 valence electrons. The van der Waals surface area contributed by atoms with Gasteiger partial charge in [0.15, 0.2) is 0 Å². The van der Waals surface area contributed by atoms with E-state index in [4.69, 9.17) is 10.5 Å². The van der Waals surface area contributed by atoms with Crippen LogP contribution in [0.25, 0.3) is 0 Å². The van der Waals surface area contributed by atoms with Crippen LogP contribution in [0.15, 0.2) is 12.4 Å². The predicted molar refractivity (Wildman–Crippen MR) is 53.5 cm³/mol. The molecule has 19 heavy (non-hydrogen) atoms. The van der Waals surface area contributed by atoms with E-state index in [9.17, 15) is 22.8 Å². The fraction of sp³-hybridized carbons (Fsp3) is 0.444. The Bertz CT molecular complexity index is 527. The van der Waals surface area contributed by atoms with Gasteiger partial charge in [0.1, 0.15) is 6.04 Å². The van der Waals surface area contributed by atoms with Gasteiger partial charge in [0.25, 0.3) is 5.91 Å². The summed E-state index contributed by atoms with van der Waals surface area (Å²) in [5, 5.41) is 3.13. The zero-order valence-electron chi connectivity index (χ0n) is 9.59. The van der Waals surface area contributed by atoms with Gasteiger partial charge < -0.3 is 10.5 Å². The van der Waals surface area contributed by atoms with Crippen LogP contribution in [0.4, 0.5) is 18.0 Å². The quantitative estimate of drug-likeness (QED) is 0.844. The molecule has 1 saturated heterocycles. The maximum atomic E-state index is 12.4. The fourth-order valence-electron chi connectivity index (χ4n) is 1.81. The molecule has 1 aliphatic rings. The summed E-state index contributed by atoms with van der Waals surface area (Å²) in [6, 6.07) is -1.03. The number of aromatic nitrogens is 2. The van der Waals surface area contributed by atoms with Crippen molar-refractivity contribution in [2.24, 2.45) is 5.73 Å². The number of nitrogens with two attached hydrogens (primary N) is 1. The monoisotopic (exact) mass is 278 g/mol. The lowest BCUT2D eigenvalue weighted by atomic mass is 10.0. The van der Waals surface area contributed by atoms with E-state index >= 15 is 0 Å². The summed E-state index contributed by atoms with van der Waals surface area (Å²) in [5.41, 5.74) is 5.06. The van der Waals surface area contributed by atoms with Crippen LogP contribution < -0.4 is 5.73 Å². The normalized spacial score (nSPS) is 23.6. The first-order valence-electron chi connectivity index (χ1n) is 5.06. The van der Waals surface area contributed by atoms with Crippen molar-refractivity contribution in [2.75, 3.05) is 7.05 Å². The average molecular weight is 278 g/mol. The van der Waals surface area contributed by atoms with Crippen LogP contribution in [0.1, 0.15) is 11.6 Å². The standard InChI is InChI=1S/C9H9F3N4O3/c1-15-5(6(7(13)17)19-8(15)18)4-2-14-16(3-4)9(10,11)12/h2-3,5-6H,1H3,(H2,13,17). The first-order chi connectivity index (χ1) is 8.71. The summed E-state index contributed by atoms with van der Waals surface area (Å²) in [6.45, 7) is 0. The number of halogens is 3. The molecule has 2 heterocycles. The Kier molecular flexibility index (Phi) is 2.87. The summed E-state index contributed by atoms with van der Waals surface area (Å²) in [6.07, 6.45) is -5.27. The third-order valence-corrected chi connectivity index (χ3v) is 2.70. The molecule has 0 bridgehead atoms. The highest BCUT2D eigenvalue weighted by molar-refractivity contribution is 5.86. The van der Waals surface area contributed by atoms with Gasteiger partial charge in [0, 0.05) is 18.8 Å². The van der Waals surface area contributed by atoms with Crippen LogP contribution in [0.3, 0.4) is 0 Å². The Labute approximate surface area is 104 Å². The number of cyclic esters (lactones) is 1. The number of carbonyl (C=O) groups excluding carboxylic acids is 2. The van der Waals surface area contributed by atoms with Crippen LogP contribution in [-0.4, -0.2) is 39.8 Å². The molecule has 2 amide bonds. The number of amides is 2. The van der Waals surface area contributed by atoms with Crippen LogP contribution in [-0.2, 0) is 15.8 Å². The Morgan fingerprint density at radius 2 is 2.16 bits per heavy atom. The van der Waals surface area contributed by atoms with Crippen molar-refractivity contribution in [1.29, 1.82) is 0 Å². The van der Waals surface area contributed by atoms with E-state index in [0.717, 1.165) is 11.1 Å². The van der Waals surface area contributed by atoms with Gasteiger partial charge in [-0.15, -0.1) is 13.2 Å². The topological polar surface area (TPSA) is 90.4 Å². The maximum Gasteiger partial charge on any atom is 0.504 e. The first kappa shape index (κ1) is 13.2. The van der Waals surface area contributed by atoms with Crippen LogP contribution >= 0.6 is 0 Å². The molecule has 0 radical (unpaired) electrons. The fourth-order valence-corrected chi connectivity index (χ4v) is 1.81. The third-order valence-electron chi connectivity index (χ3n) is 2.70. The number of nitrogens with zero attached hydrogens (tertiary/aromatic N) is 3. The molecule has 2 N–H and O–H groups in total. The smallest absolute Gasteiger partial charge is 0.433 e. The van der Waals surface area contributed by atoms with Gasteiger partial charge in [-0.2, -0.15) is 9.78 Å². The number of alkyl halides is 3. The van der Waals surface area contributed by atoms with Gasteiger partial charge in [-0.05, 0) is 0 Å². The first-order valence-corrected chi connectivity index (χ1v) is 5.06. The van der Waals surface area contributed by atoms with Crippen molar-refractivity contribution in [3.05, 3.63) is 18.0 Å². The molecule has 10 heteroatoms. The molecule has 2 atom stereocenters. The lowest BCUT2D eigenvalue weighted by Crippen LogP contribution is -2.35. The summed E-state index contributed by atoms with van der Waals surface area (Å²) >= 11 is 0. The van der Waals surface area contributed by atoms with Crippen molar-refractivity contribution in [3.63, 3.8) is 0 Å². The van der Waals surface area contributed by atoms with Gasteiger partial charge in [-0.25, -0.2) is 4.79 Å². The second-order valence-corrected chi connectivity index (χ2v) is 3.95. The molecule has 1 aliphatic heterocycles. The number of hydrogen-bond donors (Lipinski definition) is 1. The largest absolute Gasteiger partial charge is 0.504 e. The Hall–Kier alpha value is -2.26. The van der Waals surface area contributed by atoms with Gasteiger partial charge in [-0.3, -0.25) is 9.69 Å². The molecule has 1 aromatic heterocycles. The van der Waals surface area contributed by atoms with Crippen molar-refractivity contribution in [3.8, 4) is 0 Å². The van der Waals surface area contributed by atoms with Crippen LogP contribution in [0, 0.1) is 0 Å². The Morgan fingerprint density at radius 1 is 1.53 bits per heavy atom. The van der Waals surface area contributed by atoms with E-state index < -0.39 is 30.4 Å². The minimum absolute atomic E-state index is 0.00877. The van der Waals surface area contributed by atoms with E-state index in [1.54, 1.807) is 0 Å². The minimum Gasteiger partial charge on any atom is -0.433 e. The molecule has 1 fully saturated rings. The second kappa shape index (κ2) is 4.14. The van der Waals surface area contributed by atoms with Gasteiger partial charge in [0.05, 0.1) is 6.20 Å². The average Bonchev–Trinajstić information content (AvgIpc) is 2.84. The van der Waals surface area contributed by atoms with Gasteiger partial charge >= 0.3 is 12.4 Å². The van der Waals surface area contributed by atoms with Crippen molar-refractivity contribution < 1.29 is 27.5 Å². The van der Waals surface area contributed by atoms with Crippen molar-refractivity contribution >= 4 is 12.0 Å². The zero-order chi connectivity index (χ0) is 14.4. The van der Waals surface area contributed by atoms with E-state index in [-0.39, 0.29) is 10.2 Å². The molecule has 7 nitrogen and oxygen atoms in total. The molecule has 1 aromatic rings. The summed E-state index contributed by atoms with van der Waals surface area (Å²) in [5.74, 6) is -0.942. The zero-order valence-corrected chi connectivity index (χ0v) is 9.59. The van der Waals surface area contributed by atoms with E-state index in [2.05, 4.69) is 5.10 Å². The predicted octanol–water partition coefficient (Wildman–Crippen LogP) is 0.336. The van der Waals surface area contributed by atoms with Crippen LogP contribution in [0.2, 0.25) is 0 Å². The summed E-state index contributed by atoms with van der Waals surface area (Å²) in [4.78, 5) is 23.5. The van der Waals surface area contributed by atoms with Crippen LogP contribution in [0.5, 0.6) is 0 Å². The number of likely N-dealkylation sites (N-methyl/N-ethyl adjacent to an activating group) is 1. The molecule has 0 saturated carbocycles. The third kappa shape index (κ3) is 2.20. The van der Waals surface area contributed by atoms with E-state index in [0.29, 0.717) is 6.20 Å². The molecule has 0 aliphatic carbocycles. The molecule has 0 spiro atoms. The van der Waals surface area contributed by atoms with Crippen molar-refractivity contribution in [2.45, 2.75) is 18.4 Å². The summed E-state index contributed by atoms with van der Waals surface area (Å²) in [7, 11) is 1.29. The highest BCUT2D eigenvalue weighted by atomic mass is 19.4. The SMILES string of the molecule is CN1C(=O)OC(C(N)=O)C1c1cnn(C(F)(F)F)c1. The summed E-state index contributed by atoms with van der Waals surface area (Å²) < 4.78 is 41.7. The number of carbonyl (C=O) groups is 2. The molecular weight excluding hydrogens is 269 g/mol. The van der Waals surface area contributed by atoms with E-state index in [1.807, 2.05) is 0 Å². The number of rotatable bonds is 2. The Morgan fingerprint density at radius 3 is 2.63 bits per heavy atom. The van der Waals surface area contributed by atoms with E-state index in [1.165, 1.54) is 7.05 Å². The number of ether oxygens (including phenoxy) is 1. The highest BCUT2D eigenvalue weighted by Crippen LogP contribution is 2.33. The van der Waals surface area contributed by atoms with Crippen molar-refractivity contribution in [1.82, 2.24) is 14.7 Å².